The van der Waals surface area contributed by atoms with E-state index < -0.39 is 8.24 Å². The molecule has 94 valence electrons. The van der Waals surface area contributed by atoms with Gasteiger partial charge in [0, 0.05) is 12.1 Å². The lowest BCUT2D eigenvalue weighted by Gasteiger charge is -2.33. The monoisotopic (exact) mass is 247 g/mol. The van der Waals surface area contributed by atoms with Gasteiger partial charge in [-0.2, -0.15) is 0 Å². The van der Waals surface area contributed by atoms with Crippen molar-refractivity contribution in [2.45, 2.75) is 39.8 Å². The minimum Gasteiger partial charge on any atom is -0.330 e. The van der Waals surface area contributed by atoms with Gasteiger partial charge in [-0.25, -0.2) is 0 Å². The third kappa shape index (κ3) is 2.38. The molecule has 0 aromatic heterocycles. The van der Waals surface area contributed by atoms with Crippen LogP contribution in [-0.4, -0.2) is 14.8 Å². The number of hydrogen-bond acceptors (Lipinski definition) is 1. The topological polar surface area (TPSA) is 12.0 Å². The number of rotatable bonds is 5. The van der Waals surface area contributed by atoms with Crippen LogP contribution in [0.5, 0.6) is 0 Å². The number of nitrogens with one attached hydrogen (secondary N) is 1. The predicted molar refractivity (Wildman–Crippen MR) is 80.5 cm³/mol. The Balaban J connectivity index is 3.14. The molecule has 0 spiro atoms. The summed E-state index contributed by atoms with van der Waals surface area (Å²) < 4.78 is 0. The summed E-state index contributed by atoms with van der Waals surface area (Å²) in [5.74, 6) is 0. The molecule has 2 heteroatoms. The second-order valence-electron chi connectivity index (χ2n) is 5.21. The normalized spacial score (nSPS) is 20.8. The average Bonchev–Trinajstić information content (AvgIpc) is 2.51. The van der Waals surface area contributed by atoms with Crippen LogP contribution in [0.4, 0.5) is 0 Å². The Labute approximate surface area is 107 Å². The van der Waals surface area contributed by atoms with Crippen LogP contribution in [0.1, 0.15) is 27.7 Å². The lowest BCUT2D eigenvalue weighted by Crippen LogP contribution is -2.50. The highest BCUT2D eigenvalue weighted by atomic mass is 28.3. The minimum atomic E-state index is -1.69. The second-order valence-corrected chi connectivity index (χ2v) is 9.11. The summed E-state index contributed by atoms with van der Waals surface area (Å²) in [4.78, 5) is 3.67. The molecule has 0 bridgehead atoms. The standard InChI is InChI=1S/C15H25NSi/c1-8-10-16-17(7,9-2)15-13(5)11(3)12(4)14(15)6/h8-9,15-16H,1-2,10H2,3-7H3. The molecule has 0 saturated carbocycles. The van der Waals surface area contributed by atoms with Gasteiger partial charge in [-0.1, -0.05) is 29.5 Å². The summed E-state index contributed by atoms with van der Waals surface area (Å²) in [6, 6.07) is 0. The molecule has 1 aliphatic carbocycles. The van der Waals surface area contributed by atoms with Crippen molar-refractivity contribution in [3.05, 3.63) is 47.2 Å². The van der Waals surface area contributed by atoms with Gasteiger partial charge < -0.3 is 4.98 Å². The molecule has 0 aromatic carbocycles. The molecule has 1 N–H and O–H groups in total. The Morgan fingerprint density at radius 3 is 1.94 bits per heavy atom. The maximum atomic E-state index is 4.07. The SMILES string of the molecule is C=CCN[Si](C)(C=C)C1C(C)=C(C)C(C)=C1C. The molecule has 0 saturated heterocycles. The summed E-state index contributed by atoms with van der Waals surface area (Å²) >= 11 is 0. The summed E-state index contributed by atoms with van der Waals surface area (Å²) in [6.07, 6.45) is 1.93. The van der Waals surface area contributed by atoms with Crippen LogP contribution >= 0.6 is 0 Å². The third-order valence-corrected chi connectivity index (χ3v) is 8.14. The summed E-state index contributed by atoms with van der Waals surface area (Å²) in [7, 11) is -1.69. The van der Waals surface area contributed by atoms with Gasteiger partial charge in [0.05, 0.1) is 0 Å². The van der Waals surface area contributed by atoms with E-state index in [9.17, 15) is 0 Å². The van der Waals surface area contributed by atoms with Crippen molar-refractivity contribution in [2.75, 3.05) is 6.54 Å². The summed E-state index contributed by atoms with van der Waals surface area (Å²) in [5, 5.41) is 0. The van der Waals surface area contributed by atoms with Crippen LogP contribution in [-0.2, 0) is 0 Å². The van der Waals surface area contributed by atoms with E-state index in [1.807, 2.05) is 6.08 Å². The fourth-order valence-corrected chi connectivity index (χ4v) is 6.23. The van der Waals surface area contributed by atoms with Crippen molar-refractivity contribution >= 4 is 8.24 Å². The summed E-state index contributed by atoms with van der Waals surface area (Å²) in [6.45, 7) is 20.1. The Kier molecular flexibility index (Phi) is 4.34. The first kappa shape index (κ1) is 14.2. The second kappa shape index (κ2) is 5.19. The predicted octanol–water partition coefficient (Wildman–Crippen LogP) is 4.12. The fourth-order valence-electron chi connectivity index (χ4n) is 2.83. The van der Waals surface area contributed by atoms with Crippen molar-refractivity contribution < 1.29 is 0 Å². The van der Waals surface area contributed by atoms with Crippen LogP contribution in [0, 0.1) is 0 Å². The van der Waals surface area contributed by atoms with Crippen molar-refractivity contribution in [2.24, 2.45) is 0 Å². The van der Waals surface area contributed by atoms with Gasteiger partial charge >= 0.3 is 0 Å². The van der Waals surface area contributed by atoms with Gasteiger partial charge in [-0.05, 0) is 38.8 Å². The van der Waals surface area contributed by atoms with Crippen molar-refractivity contribution in [3.63, 3.8) is 0 Å². The molecular formula is C15H25NSi. The van der Waals surface area contributed by atoms with E-state index in [4.69, 9.17) is 0 Å². The molecule has 1 unspecified atom stereocenters. The van der Waals surface area contributed by atoms with E-state index in [1.54, 1.807) is 0 Å². The van der Waals surface area contributed by atoms with E-state index in [0.717, 1.165) is 6.54 Å². The zero-order valence-corrected chi connectivity index (χ0v) is 12.9. The molecule has 17 heavy (non-hydrogen) atoms. The number of hydrogen-bond donors (Lipinski definition) is 1. The van der Waals surface area contributed by atoms with E-state index in [0.29, 0.717) is 5.54 Å². The summed E-state index contributed by atoms with van der Waals surface area (Å²) in [5.41, 5.74) is 8.69. The highest BCUT2D eigenvalue weighted by Gasteiger charge is 2.39. The minimum absolute atomic E-state index is 0.556. The smallest absolute Gasteiger partial charge is 0.158 e. The molecule has 0 fully saturated rings. The maximum Gasteiger partial charge on any atom is 0.158 e. The number of allylic oxidation sites excluding steroid dienone is 4. The molecule has 1 rings (SSSR count). The van der Waals surface area contributed by atoms with Gasteiger partial charge in [0.1, 0.15) is 0 Å². The fraction of sp³-hybridized carbons (Fsp3) is 0.467. The van der Waals surface area contributed by atoms with Crippen LogP contribution in [0.25, 0.3) is 0 Å². The molecule has 0 aliphatic heterocycles. The van der Waals surface area contributed by atoms with Crippen molar-refractivity contribution in [1.29, 1.82) is 0 Å². The van der Waals surface area contributed by atoms with Crippen molar-refractivity contribution in [1.82, 2.24) is 4.98 Å². The average molecular weight is 247 g/mol. The van der Waals surface area contributed by atoms with Gasteiger partial charge in [0.2, 0.25) is 0 Å². The van der Waals surface area contributed by atoms with Gasteiger partial charge in [-0.3, -0.25) is 0 Å². The third-order valence-electron chi connectivity index (χ3n) is 4.26. The molecular weight excluding hydrogens is 222 g/mol. The van der Waals surface area contributed by atoms with Crippen LogP contribution in [0.15, 0.2) is 47.2 Å². The van der Waals surface area contributed by atoms with E-state index >= 15 is 0 Å². The maximum absolute atomic E-state index is 4.07. The molecule has 1 aliphatic rings. The Bertz CT molecular complexity index is 379. The van der Waals surface area contributed by atoms with Gasteiger partial charge in [0.25, 0.3) is 0 Å². The lowest BCUT2D eigenvalue weighted by molar-refractivity contribution is 0.961. The van der Waals surface area contributed by atoms with Crippen LogP contribution in [0.3, 0.4) is 0 Å². The van der Waals surface area contributed by atoms with E-state index in [1.165, 1.54) is 22.3 Å². The molecule has 0 radical (unpaired) electrons. The molecule has 0 aromatic rings. The zero-order chi connectivity index (χ0) is 13.2. The Morgan fingerprint density at radius 2 is 1.59 bits per heavy atom. The molecule has 0 amide bonds. The van der Waals surface area contributed by atoms with E-state index in [-0.39, 0.29) is 0 Å². The first-order chi connectivity index (χ1) is 7.89. The Morgan fingerprint density at radius 1 is 1.12 bits per heavy atom. The van der Waals surface area contributed by atoms with Gasteiger partial charge in [0.15, 0.2) is 8.24 Å². The first-order valence-electron chi connectivity index (χ1n) is 6.23. The molecule has 1 atom stereocenters. The van der Waals surface area contributed by atoms with E-state index in [2.05, 4.69) is 58.1 Å². The Hall–Kier alpha value is -0.863. The largest absolute Gasteiger partial charge is 0.330 e. The molecule has 1 nitrogen and oxygen atoms in total. The zero-order valence-electron chi connectivity index (χ0n) is 11.9. The van der Waals surface area contributed by atoms with Crippen molar-refractivity contribution in [3.8, 4) is 0 Å². The van der Waals surface area contributed by atoms with Crippen LogP contribution < -0.4 is 4.98 Å². The van der Waals surface area contributed by atoms with Crippen LogP contribution in [0.2, 0.25) is 12.1 Å². The highest BCUT2D eigenvalue weighted by Crippen LogP contribution is 2.45. The quantitative estimate of drug-likeness (QED) is 0.569. The lowest BCUT2D eigenvalue weighted by atomic mass is 10.1. The highest BCUT2D eigenvalue weighted by molar-refractivity contribution is 6.83. The van der Waals surface area contributed by atoms with Gasteiger partial charge in [-0.15, -0.1) is 13.2 Å². The molecule has 0 heterocycles. The first-order valence-corrected chi connectivity index (χ1v) is 8.89.